The van der Waals surface area contributed by atoms with Crippen molar-refractivity contribution in [1.82, 2.24) is 0 Å². The van der Waals surface area contributed by atoms with Gasteiger partial charge in [0.15, 0.2) is 11.9 Å². The number of carboxylic acid groups (broad SMARTS) is 1. The van der Waals surface area contributed by atoms with Crippen molar-refractivity contribution in [2.45, 2.75) is 45.6 Å². The van der Waals surface area contributed by atoms with Gasteiger partial charge in [-0.25, -0.2) is 9.18 Å². The highest BCUT2D eigenvalue weighted by molar-refractivity contribution is 14.1. The maximum Gasteiger partial charge on any atom is 0.344 e. The third kappa shape index (κ3) is 6.65. The van der Waals surface area contributed by atoms with Crippen molar-refractivity contribution < 1.29 is 33.0 Å². The second-order valence-electron chi connectivity index (χ2n) is 9.13. The molecule has 0 bridgehead atoms. The Morgan fingerprint density at radius 1 is 1.00 bits per heavy atom. The number of fused-ring (bicyclic) bond motifs is 1. The van der Waals surface area contributed by atoms with Crippen LogP contribution in [0.1, 0.15) is 65.1 Å². The summed E-state index contributed by atoms with van der Waals surface area (Å²) in [6, 6.07) is 13.7. The average Bonchev–Trinajstić information content (AvgIpc) is 3.28. The first-order valence-electron chi connectivity index (χ1n) is 12.7. The molecule has 1 amide bonds. The first-order valence-corrected chi connectivity index (χ1v) is 14.8. The van der Waals surface area contributed by atoms with Crippen molar-refractivity contribution in [1.29, 1.82) is 0 Å². The molecule has 1 heterocycles. The fourth-order valence-electron chi connectivity index (χ4n) is 4.19. The van der Waals surface area contributed by atoms with Crippen LogP contribution in [0.5, 0.6) is 5.75 Å². The lowest BCUT2D eigenvalue weighted by molar-refractivity contribution is -0.145. The topological polar surface area (TPSA) is 106 Å². The quantitative estimate of drug-likeness (QED) is 0.119. The summed E-state index contributed by atoms with van der Waals surface area (Å²) >= 11 is 4.08. The Morgan fingerprint density at radius 2 is 1.68 bits per heavy atom. The zero-order valence-corrected chi connectivity index (χ0v) is 26.0. The van der Waals surface area contributed by atoms with Gasteiger partial charge in [-0.1, -0.05) is 20.3 Å². The van der Waals surface area contributed by atoms with Crippen LogP contribution in [0.15, 0.2) is 59.0 Å². The average molecular weight is 769 g/mol. The number of furan rings is 1. The van der Waals surface area contributed by atoms with Crippen LogP contribution in [0.2, 0.25) is 0 Å². The lowest BCUT2D eigenvalue weighted by atomic mass is 9.98. The van der Waals surface area contributed by atoms with Gasteiger partial charge in [-0.05, 0) is 113 Å². The number of halogens is 3. The molecule has 10 heteroatoms. The molecule has 208 valence electrons. The molecule has 0 spiro atoms. The van der Waals surface area contributed by atoms with Crippen LogP contribution < -0.4 is 10.1 Å². The number of hydrogen-bond donors (Lipinski definition) is 2. The molecule has 1 atom stereocenters. The highest BCUT2D eigenvalue weighted by Crippen LogP contribution is 2.35. The van der Waals surface area contributed by atoms with Gasteiger partial charge < -0.3 is 19.6 Å². The summed E-state index contributed by atoms with van der Waals surface area (Å²) in [6.07, 6.45) is 1.60. The molecular formula is C30H26FI2NO6. The predicted octanol–water partition coefficient (Wildman–Crippen LogP) is 7.85. The minimum atomic E-state index is -1.05. The van der Waals surface area contributed by atoms with Gasteiger partial charge in [-0.3, -0.25) is 9.59 Å². The molecule has 40 heavy (non-hydrogen) atoms. The van der Waals surface area contributed by atoms with E-state index in [2.05, 4.69) is 12.2 Å². The van der Waals surface area contributed by atoms with Crippen LogP contribution in [0.4, 0.5) is 10.1 Å². The van der Waals surface area contributed by atoms with Crippen LogP contribution in [0, 0.1) is 13.0 Å². The minimum Gasteiger partial charge on any atom is -0.479 e. The van der Waals surface area contributed by atoms with Gasteiger partial charge in [0.1, 0.15) is 22.9 Å². The molecule has 1 unspecified atom stereocenters. The number of anilines is 1. The molecule has 0 aliphatic rings. The van der Waals surface area contributed by atoms with Crippen molar-refractivity contribution in [2.75, 3.05) is 5.32 Å². The van der Waals surface area contributed by atoms with E-state index in [4.69, 9.17) is 9.15 Å². The normalized spacial score (nSPS) is 11.8. The number of ether oxygens (including phenoxy) is 1. The maximum absolute atomic E-state index is 14.0. The maximum atomic E-state index is 14.0. The number of aryl methyl sites for hydroxylation is 1. The van der Waals surface area contributed by atoms with Crippen LogP contribution in [-0.2, 0) is 11.2 Å². The molecule has 0 fully saturated rings. The number of carbonyl (C=O) groups is 3. The number of ketones is 1. The van der Waals surface area contributed by atoms with Gasteiger partial charge >= 0.3 is 5.97 Å². The summed E-state index contributed by atoms with van der Waals surface area (Å²) in [5.41, 5.74) is 2.11. The number of rotatable bonds is 11. The number of hydrogen-bond acceptors (Lipinski definition) is 5. The molecule has 4 aromatic rings. The number of benzene rings is 3. The number of aliphatic carboxylic acids is 1. The number of nitrogens with one attached hydrogen (secondary N) is 1. The van der Waals surface area contributed by atoms with E-state index in [0.29, 0.717) is 64.8 Å². The second kappa shape index (κ2) is 13.1. The summed E-state index contributed by atoms with van der Waals surface area (Å²) in [4.78, 5) is 38.2. The van der Waals surface area contributed by atoms with Crippen molar-refractivity contribution in [2.24, 2.45) is 0 Å². The second-order valence-corrected chi connectivity index (χ2v) is 11.5. The third-order valence-corrected chi connectivity index (χ3v) is 7.88. The van der Waals surface area contributed by atoms with E-state index < -0.39 is 23.8 Å². The molecule has 7 nitrogen and oxygen atoms in total. The fourth-order valence-corrected chi connectivity index (χ4v) is 6.21. The highest BCUT2D eigenvalue weighted by Gasteiger charge is 2.26. The van der Waals surface area contributed by atoms with Gasteiger partial charge in [0.25, 0.3) is 5.91 Å². The van der Waals surface area contributed by atoms with Gasteiger partial charge in [0, 0.05) is 28.6 Å². The zero-order valence-electron chi connectivity index (χ0n) is 21.7. The van der Waals surface area contributed by atoms with E-state index in [0.717, 1.165) is 12.8 Å². The molecule has 0 aliphatic carbocycles. The standard InChI is InChI=1S/C30H26FI2NO6/c1-3-5-6-25-26(27(35)17-13-21(32)28(22(33)14-17)40-23(4-2)30(37)38)20-15-19(11-12-24(20)39-25)34-29(36)16-7-9-18(31)10-8-16/h7-15,23H,3-6H2,1-2H3,(H,34,36)(H,37,38). The van der Waals surface area contributed by atoms with Gasteiger partial charge in [0.05, 0.1) is 12.7 Å². The van der Waals surface area contributed by atoms with Crippen LogP contribution in [0.3, 0.4) is 0 Å². The smallest absolute Gasteiger partial charge is 0.344 e. The minimum absolute atomic E-state index is 0.250. The Hall–Kier alpha value is -3.00. The molecule has 2 N–H and O–H groups in total. The van der Waals surface area contributed by atoms with E-state index in [9.17, 15) is 23.9 Å². The highest BCUT2D eigenvalue weighted by atomic mass is 127. The number of carbonyl (C=O) groups excluding carboxylic acids is 2. The zero-order chi connectivity index (χ0) is 29.0. The molecule has 0 saturated carbocycles. The monoisotopic (exact) mass is 769 g/mol. The van der Waals surface area contributed by atoms with E-state index in [-0.39, 0.29) is 5.78 Å². The molecule has 0 saturated heterocycles. The first-order chi connectivity index (χ1) is 19.1. The number of unbranched alkanes of at least 4 members (excludes halogenated alkanes) is 1. The summed E-state index contributed by atoms with van der Waals surface area (Å²) in [5.74, 6) is -1.17. The van der Waals surface area contributed by atoms with E-state index in [1.165, 1.54) is 24.3 Å². The van der Waals surface area contributed by atoms with Gasteiger partial charge in [0.2, 0.25) is 0 Å². The SMILES string of the molecule is CCCCc1oc2ccc(NC(=O)c3ccc(F)cc3)cc2c1C(=O)c1cc(I)c(OC(CC)C(=O)O)c(I)c1. The van der Waals surface area contributed by atoms with Gasteiger partial charge in [-0.2, -0.15) is 0 Å². The molecule has 0 radical (unpaired) electrons. The van der Waals surface area contributed by atoms with Crippen molar-refractivity contribution in [3.63, 3.8) is 0 Å². The lowest BCUT2D eigenvalue weighted by Crippen LogP contribution is -2.26. The van der Waals surface area contributed by atoms with Crippen LogP contribution >= 0.6 is 45.2 Å². The third-order valence-electron chi connectivity index (χ3n) is 6.28. The lowest BCUT2D eigenvalue weighted by Gasteiger charge is -2.17. The number of carboxylic acids is 1. The molecule has 4 rings (SSSR count). The largest absolute Gasteiger partial charge is 0.479 e. The predicted molar refractivity (Wildman–Crippen MR) is 167 cm³/mol. The summed E-state index contributed by atoms with van der Waals surface area (Å²) < 4.78 is 26.4. The Morgan fingerprint density at radius 3 is 2.27 bits per heavy atom. The Labute approximate surface area is 257 Å². The van der Waals surface area contributed by atoms with E-state index >= 15 is 0 Å². The molecular weight excluding hydrogens is 743 g/mol. The van der Waals surface area contributed by atoms with Crippen LogP contribution in [0.25, 0.3) is 11.0 Å². The van der Waals surface area contributed by atoms with Crippen molar-refractivity contribution in [3.05, 3.63) is 90.0 Å². The Bertz CT molecular complexity index is 1560. The summed E-state index contributed by atoms with van der Waals surface area (Å²) in [5, 5.41) is 12.8. The first kappa shape index (κ1) is 30.0. The molecule has 0 aliphatic heterocycles. The van der Waals surface area contributed by atoms with Crippen LogP contribution in [-0.4, -0.2) is 28.9 Å². The van der Waals surface area contributed by atoms with Crippen molar-refractivity contribution in [3.8, 4) is 5.75 Å². The summed E-state index contributed by atoms with van der Waals surface area (Å²) in [7, 11) is 0. The molecule has 1 aromatic heterocycles. The molecule has 3 aromatic carbocycles. The van der Waals surface area contributed by atoms with Crippen molar-refractivity contribution >= 4 is 79.5 Å². The summed E-state index contributed by atoms with van der Waals surface area (Å²) in [6.45, 7) is 3.78. The Kier molecular flexibility index (Phi) is 9.82. The van der Waals surface area contributed by atoms with Gasteiger partial charge in [-0.15, -0.1) is 0 Å². The fraction of sp³-hybridized carbons (Fsp3) is 0.233. The van der Waals surface area contributed by atoms with E-state index in [1.54, 1.807) is 37.3 Å². The van der Waals surface area contributed by atoms with E-state index in [1.807, 2.05) is 45.2 Å². The Balaban J connectivity index is 1.72. The number of amides is 1.